The number of hydrogen-bond acceptors (Lipinski definition) is 3. The van der Waals surface area contributed by atoms with Crippen molar-refractivity contribution in [2.45, 2.75) is 46.0 Å². The lowest BCUT2D eigenvalue weighted by molar-refractivity contribution is -0.141. The zero-order valence-electron chi connectivity index (χ0n) is 9.47. The smallest absolute Gasteiger partial charge is 0.319 e. The number of hydrogen-bond donors (Lipinski definition) is 1. The highest BCUT2D eigenvalue weighted by atomic mass is 16.5. The molecule has 0 unspecified atom stereocenters. The van der Waals surface area contributed by atoms with Gasteiger partial charge in [0, 0.05) is 0 Å². The van der Waals surface area contributed by atoms with E-state index in [1.165, 1.54) is 25.7 Å². The molecule has 0 saturated heterocycles. The molecule has 84 valence electrons. The van der Waals surface area contributed by atoms with Gasteiger partial charge in [-0.1, -0.05) is 32.6 Å². The molecule has 0 aliphatic heterocycles. The highest BCUT2D eigenvalue weighted by Gasteiger charge is 1.98. The third kappa shape index (κ3) is 9.52. The monoisotopic (exact) mass is 201 g/mol. The van der Waals surface area contributed by atoms with Crippen molar-refractivity contribution in [1.29, 1.82) is 0 Å². The molecule has 0 aliphatic rings. The molecule has 0 spiro atoms. The van der Waals surface area contributed by atoms with Gasteiger partial charge in [0.15, 0.2) is 0 Å². The van der Waals surface area contributed by atoms with Crippen molar-refractivity contribution >= 4 is 5.97 Å². The second-order valence-electron chi connectivity index (χ2n) is 3.40. The van der Waals surface area contributed by atoms with Crippen LogP contribution in [0, 0.1) is 0 Å². The summed E-state index contributed by atoms with van der Waals surface area (Å²) in [6.07, 6.45) is 6.30. The fourth-order valence-corrected chi connectivity index (χ4v) is 1.26. The van der Waals surface area contributed by atoms with E-state index in [-0.39, 0.29) is 5.97 Å². The van der Waals surface area contributed by atoms with Crippen LogP contribution in [0.5, 0.6) is 0 Å². The van der Waals surface area contributed by atoms with E-state index in [0.717, 1.165) is 13.0 Å². The molecule has 0 aromatic rings. The summed E-state index contributed by atoms with van der Waals surface area (Å²) in [4.78, 5) is 10.9. The number of carbonyl (C=O) groups excluding carboxylic acids is 1. The lowest BCUT2D eigenvalue weighted by Crippen LogP contribution is -2.25. The van der Waals surface area contributed by atoms with Crippen LogP contribution >= 0.6 is 0 Å². The molecule has 0 aromatic carbocycles. The number of esters is 1. The summed E-state index contributed by atoms with van der Waals surface area (Å²) in [5.74, 6) is -0.152. The summed E-state index contributed by atoms with van der Waals surface area (Å²) in [7, 11) is 0. The molecule has 0 saturated carbocycles. The van der Waals surface area contributed by atoms with Gasteiger partial charge in [0.25, 0.3) is 0 Å². The zero-order valence-corrected chi connectivity index (χ0v) is 9.47. The van der Waals surface area contributed by atoms with Gasteiger partial charge in [-0.05, 0) is 19.9 Å². The molecule has 0 radical (unpaired) electrons. The van der Waals surface area contributed by atoms with E-state index in [9.17, 15) is 4.79 Å². The topological polar surface area (TPSA) is 38.3 Å². The molecule has 3 heteroatoms. The molecular formula is C11H23NO2. The standard InChI is InChI=1S/C11H23NO2/c1-3-5-6-7-8-9-12-10-11(13)14-4-2/h12H,3-10H2,1-2H3. The molecule has 0 amide bonds. The Hall–Kier alpha value is -0.570. The first kappa shape index (κ1) is 13.4. The number of rotatable bonds is 9. The van der Waals surface area contributed by atoms with E-state index in [2.05, 4.69) is 12.2 Å². The number of unbranched alkanes of at least 4 members (excludes halogenated alkanes) is 4. The maximum atomic E-state index is 10.9. The first-order chi connectivity index (χ1) is 6.81. The summed E-state index contributed by atoms with van der Waals surface area (Å²) >= 11 is 0. The Labute approximate surface area is 87.2 Å². The molecule has 0 aliphatic carbocycles. The van der Waals surface area contributed by atoms with E-state index >= 15 is 0 Å². The number of ether oxygens (including phenoxy) is 1. The van der Waals surface area contributed by atoms with Gasteiger partial charge in [0.2, 0.25) is 0 Å². The predicted octanol–water partition coefficient (Wildman–Crippen LogP) is 2.11. The number of carbonyl (C=O) groups is 1. The third-order valence-electron chi connectivity index (χ3n) is 2.03. The molecule has 0 heterocycles. The van der Waals surface area contributed by atoms with Gasteiger partial charge >= 0.3 is 5.97 Å². The van der Waals surface area contributed by atoms with Crippen LogP contribution in [-0.2, 0) is 9.53 Å². The quantitative estimate of drug-likeness (QED) is 0.458. The highest BCUT2D eigenvalue weighted by Crippen LogP contribution is 2.00. The molecule has 0 atom stereocenters. The van der Waals surface area contributed by atoms with Gasteiger partial charge in [0.05, 0.1) is 13.2 Å². The molecule has 0 bridgehead atoms. The van der Waals surface area contributed by atoms with Gasteiger partial charge in [-0.15, -0.1) is 0 Å². The first-order valence-corrected chi connectivity index (χ1v) is 5.67. The second kappa shape index (κ2) is 10.5. The van der Waals surface area contributed by atoms with Crippen LogP contribution in [0.3, 0.4) is 0 Å². The summed E-state index contributed by atoms with van der Waals surface area (Å²) < 4.78 is 4.79. The Morgan fingerprint density at radius 1 is 1.14 bits per heavy atom. The van der Waals surface area contributed by atoms with E-state index in [1.807, 2.05) is 6.92 Å². The van der Waals surface area contributed by atoms with Crippen molar-refractivity contribution in [1.82, 2.24) is 5.32 Å². The normalized spacial score (nSPS) is 10.1. The van der Waals surface area contributed by atoms with Crippen LogP contribution in [0.4, 0.5) is 0 Å². The maximum Gasteiger partial charge on any atom is 0.319 e. The lowest BCUT2D eigenvalue weighted by Gasteiger charge is -2.04. The lowest BCUT2D eigenvalue weighted by atomic mass is 10.1. The van der Waals surface area contributed by atoms with Gasteiger partial charge < -0.3 is 10.1 Å². The summed E-state index contributed by atoms with van der Waals surface area (Å²) in [5.41, 5.74) is 0. The zero-order chi connectivity index (χ0) is 10.6. The molecule has 3 nitrogen and oxygen atoms in total. The first-order valence-electron chi connectivity index (χ1n) is 5.67. The van der Waals surface area contributed by atoms with Gasteiger partial charge in [-0.25, -0.2) is 0 Å². The summed E-state index contributed by atoms with van der Waals surface area (Å²) in [6, 6.07) is 0. The van der Waals surface area contributed by atoms with Crippen LogP contribution < -0.4 is 5.32 Å². The maximum absolute atomic E-state index is 10.9. The van der Waals surface area contributed by atoms with Crippen LogP contribution in [-0.4, -0.2) is 25.7 Å². The minimum Gasteiger partial charge on any atom is -0.465 e. The van der Waals surface area contributed by atoms with Gasteiger partial charge in [-0.3, -0.25) is 4.79 Å². The number of nitrogens with one attached hydrogen (secondary N) is 1. The molecule has 0 fully saturated rings. The molecule has 0 rings (SSSR count). The van der Waals surface area contributed by atoms with Crippen molar-refractivity contribution in [3.8, 4) is 0 Å². The van der Waals surface area contributed by atoms with Crippen LogP contribution in [0.1, 0.15) is 46.0 Å². The Morgan fingerprint density at radius 2 is 1.86 bits per heavy atom. The van der Waals surface area contributed by atoms with Gasteiger partial charge in [0.1, 0.15) is 0 Å². The predicted molar refractivity (Wildman–Crippen MR) is 58.3 cm³/mol. The second-order valence-corrected chi connectivity index (χ2v) is 3.40. The average Bonchev–Trinajstić information content (AvgIpc) is 2.17. The minimum absolute atomic E-state index is 0.152. The highest BCUT2D eigenvalue weighted by molar-refractivity contribution is 5.71. The fraction of sp³-hybridized carbons (Fsp3) is 0.909. The Kier molecular flexibility index (Phi) is 10.1. The SMILES string of the molecule is CCCCCCCNCC(=O)OCC. The minimum atomic E-state index is -0.152. The van der Waals surface area contributed by atoms with Crippen LogP contribution in [0.2, 0.25) is 0 Å². The molecule has 1 N–H and O–H groups in total. The van der Waals surface area contributed by atoms with E-state index in [1.54, 1.807) is 0 Å². The Morgan fingerprint density at radius 3 is 2.50 bits per heavy atom. The van der Waals surface area contributed by atoms with Crippen molar-refractivity contribution in [3.05, 3.63) is 0 Å². The van der Waals surface area contributed by atoms with Crippen molar-refractivity contribution in [2.75, 3.05) is 19.7 Å². The largest absolute Gasteiger partial charge is 0.465 e. The van der Waals surface area contributed by atoms with Crippen molar-refractivity contribution in [2.24, 2.45) is 0 Å². The van der Waals surface area contributed by atoms with Crippen LogP contribution in [0.15, 0.2) is 0 Å². The van der Waals surface area contributed by atoms with E-state index in [0.29, 0.717) is 13.2 Å². The fourth-order valence-electron chi connectivity index (χ4n) is 1.26. The summed E-state index contributed by atoms with van der Waals surface area (Å²) in [6.45, 7) is 5.77. The van der Waals surface area contributed by atoms with Crippen molar-refractivity contribution < 1.29 is 9.53 Å². The van der Waals surface area contributed by atoms with E-state index in [4.69, 9.17) is 4.74 Å². The molecular weight excluding hydrogens is 178 g/mol. The molecule has 14 heavy (non-hydrogen) atoms. The Balaban J connectivity index is 3.01. The van der Waals surface area contributed by atoms with Crippen molar-refractivity contribution in [3.63, 3.8) is 0 Å². The third-order valence-corrected chi connectivity index (χ3v) is 2.03. The average molecular weight is 201 g/mol. The Bertz CT molecular complexity index is 137. The van der Waals surface area contributed by atoms with E-state index < -0.39 is 0 Å². The molecule has 0 aromatic heterocycles. The van der Waals surface area contributed by atoms with Crippen LogP contribution in [0.25, 0.3) is 0 Å². The van der Waals surface area contributed by atoms with Gasteiger partial charge in [-0.2, -0.15) is 0 Å². The summed E-state index contributed by atoms with van der Waals surface area (Å²) in [5, 5.41) is 3.07.